The van der Waals surface area contributed by atoms with Gasteiger partial charge in [0, 0.05) is 43.7 Å². The summed E-state index contributed by atoms with van der Waals surface area (Å²) >= 11 is 6.15. The Hall–Kier alpha value is -1.75. The van der Waals surface area contributed by atoms with Gasteiger partial charge in [0.05, 0.1) is 13.5 Å². The second-order valence-corrected chi connectivity index (χ2v) is 5.80. The van der Waals surface area contributed by atoms with Crippen LogP contribution in [0.4, 0.5) is 0 Å². The Labute approximate surface area is 135 Å². The fraction of sp³-hybridized carbons (Fsp3) is 0.500. The Morgan fingerprint density at radius 1 is 1.45 bits per heavy atom. The summed E-state index contributed by atoms with van der Waals surface area (Å²) in [7, 11) is 3.30. The number of rotatable bonds is 6. The van der Waals surface area contributed by atoms with Crippen molar-refractivity contribution in [2.24, 2.45) is 0 Å². The van der Waals surface area contributed by atoms with Crippen LogP contribution in [0.25, 0.3) is 0 Å². The molecule has 0 aliphatic carbocycles. The van der Waals surface area contributed by atoms with Gasteiger partial charge in [-0.1, -0.05) is 17.7 Å². The summed E-state index contributed by atoms with van der Waals surface area (Å²) in [5, 5.41) is 0.524. The van der Waals surface area contributed by atoms with Crippen LogP contribution in [-0.4, -0.2) is 55.4 Å². The van der Waals surface area contributed by atoms with Gasteiger partial charge >= 0.3 is 0 Å². The molecule has 1 aromatic rings. The summed E-state index contributed by atoms with van der Waals surface area (Å²) in [6.45, 7) is 1.90. The molecule has 0 saturated carbocycles. The second-order valence-electron chi connectivity index (χ2n) is 5.40. The van der Waals surface area contributed by atoms with Crippen molar-refractivity contribution in [3.8, 4) is 5.75 Å². The van der Waals surface area contributed by atoms with Gasteiger partial charge in [-0.3, -0.25) is 9.59 Å². The van der Waals surface area contributed by atoms with Gasteiger partial charge in [-0.05, 0) is 18.6 Å². The van der Waals surface area contributed by atoms with Gasteiger partial charge in [-0.2, -0.15) is 0 Å². The van der Waals surface area contributed by atoms with Crippen molar-refractivity contribution in [3.05, 3.63) is 28.8 Å². The molecule has 0 aromatic heterocycles. The second kappa shape index (κ2) is 7.49. The summed E-state index contributed by atoms with van der Waals surface area (Å²) in [5.74, 6) is 0.746. The standard InChI is InChI=1S/C16H21ClN2O3/c1-18(9-10-19-8-4-7-15(19)20)16(21)11-12-13(17)5-3-6-14(12)22-2/h3,5-6H,4,7-11H2,1-2H3. The predicted molar refractivity (Wildman–Crippen MR) is 85.2 cm³/mol. The number of hydrogen-bond acceptors (Lipinski definition) is 3. The van der Waals surface area contributed by atoms with Gasteiger partial charge < -0.3 is 14.5 Å². The van der Waals surface area contributed by atoms with Gasteiger partial charge in [-0.25, -0.2) is 0 Å². The number of benzene rings is 1. The SMILES string of the molecule is COc1cccc(Cl)c1CC(=O)N(C)CCN1CCCC1=O. The van der Waals surface area contributed by atoms with E-state index in [0.717, 1.165) is 13.0 Å². The highest BCUT2D eigenvalue weighted by Gasteiger charge is 2.21. The lowest BCUT2D eigenvalue weighted by molar-refractivity contribution is -0.132. The lowest BCUT2D eigenvalue weighted by Crippen LogP contribution is -2.37. The number of likely N-dealkylation sites (N-methyl/N-ethyl adjacent to an activating group) is 1. The van der Waals surface area contributed by atoms with Crippen LogP contribution in [0.2, 0.25) is 5.02 Å². The fourth-order valence-corrected chi connectivity index (χ4v) is 2.76. The highest BCUT2D eigenvalue weighted by Crippen LogP contribution is 2.27. The van der Waals surface area contributed by atoms with E-state index in [-0.39, 0.29) is 18.2 Å². The molecule has 22 heavy (non-hydrogen) atoms. The minimum absolute atomic E-state index is 0.0435. The molecule has 1 fully saturated rings. The Bertz CT molecular complexity index is 562. The van der Waals surface area contributed by atoms with Gasteiger partial charge in [-0.15, -0.1) is 0 Å². The zero-order chi connectivity index (χ0) is 16.1. The van der Waals surface area contributed by atoms with Crippen molar-refractivity contribution < 1.29 is 14.3 Å². The Balaban J connectivity index is 1.92. The van der Waals surface area contributed by atoms with Crippen molar-refractivity contribution in [1.82, 2.24) is 9.80 Å². The van der Waals surface area contributed by atoms with Crippen molar-refractivity contribution >= 4 is 23.4 Å². The first-order chi connectivity index (χ1) is 10.5. The monoisotopic (exact) mass is 324 g/mol. The molecule has 0 unspecified atom stereocenters. The van der Waals surface area contributed by atoms with E-state index in [9.17, 15) is 9.59 Å². The maximum absolute atomic E-state index is 12.3. The van der Waals surface area contributed by atoms with Gasteiger partial charge in [0.25, 0.3) is 0 Å². The number of ether oxygens (including phenoxy) is 1. The molecule has 1 aliphatic heterocycles. The number of carbonyl (C=O) groups excluding carboxylic acids is 2. The molecule has 1 aliphatic rings. The van der Waals surface area contributed by atoms with Crippen LogP contribution >= 0.6 is 11.6 Å². The number of likely N-dealkylation sites (tertiary alicyclic amines) is 1. The van der Waals surface area contributed by atoms with Crippen molar-refractivity contribution in [3.63, 3.8) is 0 Å². The third kappa shape index (κ3) is 3.91. The Kier molecular flexibility index (Phi) is 5.66. The van der Waals surface area contributed by atoms with E-state index in [2.05, 4.69) is 0 Å². The number of hydrogen-bond donors (Lipinski definition) is 0. The summed E-state index contributed by atoms with van der Waals surface area (Å²) in [6, 6.07) is 5.32. The number of nitrogens with zero attached hydrogens (tertiary/aromatic N) is 2. The Morgan fingerprint density at radius 2 is 2.23 bits per heavy atom. The van der Waals surface area contributed by atoms with E-state index >= 15 is 0 Å². The predicted octanol–water partition coefficient (Wildman–Crippen LogP) is 1.97. The third-order valence-electron chi connectivity index (χ3n) is 3.93. The van der Waals surface area contributed by atoms with Crippen molar-refractivity contribution in [2.45, 2.75) is 19.3 Å². The smallest absolute Gasteiger partial charge is 0.226 e. The molecule has 2 amide bonds. The molecule has 1 aromatic carbocycles. The highest BCUT2D eigenvalue weighted by atomic mass is 35.5. The quantitative estimate of drug-likeness (QED) is 0.804. The molecule has 0 bridgehead atoms. The first-order valence-electron chi connectivity index (χ1n) is 7.36. The van der Waals surface area contributed by atoms with E-state index in [1.807, 2.05) is 0 Å². The zero-order valence-corrected chi connectivity index (χ0v) is 13.7. The molecular formula is C16H21ClN2O3. The fourth-order valence-electron chi connectivity index (χ4n) is 2.52. The maximum atomic E-state index is 12.3. The number of halogens is 1. The Morgan fingerprint density at radius 3 is 2.86 bits per heavy atom. The summed E-state index contributed by atoms with van der Waals surface area (Å²) < 4.78 is 5.25. The lowest BCUT2D eigenvalue weighted by atomic mass is 10.1. The van der Waals surface area contributed by atoms with E-state index < -0.39 is 0 Å². The molecule has 1 saturated heterocycles. The largest absolute Gasteiger partial charge is 0.496 e. The van der Waals surface area contributed by atoms with E-state index in [1.165, 1.54) is 0 Å². The molecule has 1 heterocycles. The van der Waals surface area contributed by atoms with Gasteiger partial charge in [0.2, 0.25) is 11.8 Å². The summed E-state index contributed by atoms with van der Waals surface area (Å²) in [6.07, 6.45) is 1.72. The molecule has 2 rings (SSSR count). The first-order valence-corrected chi connectivity index (χ1v) is 7.74. The van der Waals surface area contributed by atoms with Crippen molar-refractivity contribution in [1.29, 1.82) is 0 Å². The van der Waals surface area contributed by atoms with Crippen LogP contribution in [0.3, 0.4) is 0 Å². The number of carbonyl (C=O) groups is 2. The van der Waals surface area contributed by atoms with Crippen LogP contribution in [0.5, 0.6) is 5.75 Å². The highest BCUT2D eigenvalue weighted by molar-refractivity contribution is 6.31. The normalized spacial score (nSPS) is 14.3. The average Bonchev–Trinajstić information content (AvgIpc) is 2.92. The third-order valence-corrected chi connectivity index (χ3v) is 4.28. The van der Waals surface area contributed by atoms with Crippen LogP contribution in [-0.2, 0) is 16.0 Å². The van der Waals surface area contributed by atoms with Crippen molar-refractivity contribution in [2.75, 3.05) is 33.8 Å². The summed E-state index contributed by atoms with van der Waals surface area (Å²) in [4.78, 5) is 27.3. The van der Waals surface area contributed by atoms with Crippen LogP contribution < -0.4 is 4.74 Å². The maximum Gasteiger partial charge on any atom is 0.226 e. The minimum atomic E-state index is -0.0435. The molecule has 0 atom stereocenters. The molecule has 0 N–H and O–H groups in total. The first kappa shape index (κ1) is 16.6. The molecular weight excluding hydrogens is 304 g/mol. The topological polar surface area (TPSA) is 49.9 Å². The molecule has 0 spiro atoms. The van der Waals surface area contributed by atoms with Crippen LogP contribution in [0, 0.1) is 0 Å². The van der Waals surface area contributed by atoms with Crippen LogP contribution in [0.1, 0.15) is 18.4 Å². The molecule has 0 radical (unpaired) electrons. The minimum Gasteiger partial charge on any atom is -0.496 e. The summed E-state index contributed by atoms with van der Waals surface area (Å²) in [5.41, 5.74) is 0.695. The number of methoxy groups -OCH3 is 1. The van der Waals surface area contributed by atoms with E-state index in [4.69, 9.17) is 16.3 Å². The molecule has 120 valence electrons. The molecule has 5 nitrogen and oxygen atoms in total. The average molecular weight is 325 g/mol. The van der Waals surface area contributed by atoms with Gasteiger partial charge in [0.15, 0.2) is 0 Å². The van der Waals surface area contributed by atoms with Crippen LogP contribution in [0.15, 0.2) is 18.2 Å². The van der Waals surface area contributed by atoms with Gasteiger partial charge in [0.1, 0.15) is 5.75 Å². The zero-order valence-electron chi connectivity index (χ0n) is 13.0. The lowest BCUT2D eigenvalue weighted by Gasteiger charge is -2.22. The number of amides is 2. The molecule has 6 heteroatoms. The van der Waals surface area contributed by atoms with E-state index in [1.54, 1.807) is 42.2 Å². The van der Waals surface area contributed by atoms with E-state index in [0.29, 0.717) is 35.8 Å².